The molecule has 6 nitrogen and oxygen atoms in total. The predicted molar refractivity (Wildman–Crippen MR) is 108 cm³/mol. The van der Waals surface area contributed by atoms with Crippen molar-refractivity contribution in [3.8, 4) is 5.69 Å². The van der Waals surface area contributed by atoms with Gasteiger partial charge in [0.1, 0.15) is 16.0 Å². The van der Waals surface area contributed by atoms with E-state index in [1.54, 1.807) is 12.1 Å². The zero-order chi connectivity index (χ0) is 19.4. The Kier molecular flexibility index (Phi) is 4.22. The first-order valence-electron chi connectivity index (χ1n) is 9.56. The summed E-state index contributed by atoms with van der Waals surface area (Å²) in [6.07, 6.45) is 3.23. The van der Waals surface area contributed by atoms with Gasteiger partial charge >= 0.3 is 0 Å². The van der Waals surface area contributed by atoms with Gasteiger partial charge in [-0.3, -0.25) is 18.9 Å². The molecule has 5 rings (SSSR count). The van der Waals surface area contributed by atoms with Crippen LogP contribution in [0, 0.1) is 5.82 Å². The van der Waals surface area contributed by atoms with E-state index >= 15 is 0 Å². The molecule has 0 spiro atoms. The molecule has 0 amide bonds. The molecule has 1 fully saturated rings. The van der Waals surface area contributed by atoms with Crippen LogP contribution in [0.4, 0.5) is 4.39 Å². The lowest BCUT2D eigenvalue weighted by molar-refractivity contribution is 0.217. The fraction of sp³-hybridized carbons (Fsp3) is 0.400. The Balaban J connectivity index is 1.71. The molecule has 0 bridgehead atoms. The van der Waals surface area contributed by atoms with E-state index in [-0.39, 0.29) is 28.2 Å². The summed E-state index contributed by atoms with van der Waals surface area (Å²) in [5, 5.41) is 0.203. The lowest BCUT2D eigenvalue weighted by atomic mass is 9.89. The average molecular weight is 400 g/mol. The van der Waals surface area contributed by atoms with E-state index in [1.165, 1.54) is 12.1 Å². The van der Waals surface area contributed by atoms with Gasteiger partial charge in [0.2, 0.25) is 0 Å². The molecular weight excluding hydrogens is 379 g/mol. The first-order chi connectivity index (χ1) is 13.5. The Morgan fingerprint density at radius 2 is 1.96 bits per heavy atom. The third-order valence-electron chi connectivity index (χ3n) is 6.02. The smallest absolute Gasteiger partial charge is 0.271 e. The summed E-state index contributed by atoms with van der Waals surface area (Å²) >= 11 is 1.16. The summed E-state index contributed by atoms with van der Waals surface area (Å²) in [5.41, 5.74) is 7.97. The molecule has 3 heterocycles. The second-order valence-corrected chi connectivity index (χ2v) is 8.51. The van der Waals surface area contributed by atoms with Gasteiger partial charge in [0.25, 0.3) is 5.56 Å². The van der Waals surface area contributed by atoms with Crippen LogP contribution < -0.4 is 16.7 Å². The zero-order valence-corrected chi connectivity index (χ0v) is 16.1. The number of rotatable bonds is 2. The van der Waals surface area contributed by atoms with Gasteiger partial charge in [0, 0.05) is 48.5 Å². The number of benzene rings is 1. The molecule has 0 radical (unpaired) electrons. The number of nitrogens with one attached hydrogen (secondary N) is 1. The van der Waals surface area contributed by atoms with Gasteiger partial charge in [0.15, 0.2) is 5.43 Å². The summed E-state index contributed by atoms with van der Waals surface area (Å²) in [6, 6.07) is 6.72. The predicted octanol–water partition coefficient (Wildman–Crippen LogP) is 1.77. The van der Waals surface area contributed by atoms with Crippen molar-refractivity contribution in [2.45, 2.75) is 37.8 Å². The number of hydrogen-bond donors (Lipinski definition) is 2. The van der Waals surface area contributed by atoms with Crippen LogP contribution in [0.2, 0.25) is 0 Å². The first-order valence-corrected chi connectivity index (χ1v) is 10.4. The SMILES string of the molecule is NC1CCN(C2CCc3c(n(-c4ccc(F)cc4)c4s[nH]c(=O)c4c3=O)C2)C1. The highest BCUT2D eigenvalue weighted by molar-refractivity contribution is 7.12. The van der Waals surface area contributed by atoms with Crippen LogP contribution in [0.1, 0.15) is 24.1 Å². The van der Waals surface area contributed by atoms with Crippen molar-refractivity contribution in [3.63, 3.8) is 0 Å². The van der Waals surface area contributed by atoms with E-state index < -0.39 is 0 Å². The normalized spacial score (nSPS) is 22.6. The summed E-state index contributed by atoms with van der Waals surface area (Å²) in [7, 11) is 0. The summed E-state index contributed by atoms with van der Waals surface area (Å²) in [4.78, 5) is 28.4. The van der Waals surface area contributed by atoms with Crippen molar-refractivity contribution in [3.05, 3.63) is 61.9 Å². The maximum atomic E-state index is 13.5. The van der Waals surface area contributed by atoms with Crippen LogP contribution in [-0.2, 0) is 12.8 Å². The second-order valence-electron chi connectivity index (χ2n) is 7.72. The van der Waals surface area contributed by atoms with E-state index in [1.807, 2.05) is 4.57 Å². The van der Waals surface area contributed by atoms with Gasteiger partial charge in [-0.15, -0.1) is 0 Å². The third-order valence-corrected chi connectivity index (χ3v) is 6.89. The van der Waals surface area contributed by atoms with Gasteiger partial charge in [-0.2, -0.15) is 0 Å². The van der Waals surface area contributed by atoms with E-state index in [9.17, 15) is 14.0 Å². The number of nitrogens with two attached hydrogens (primary N) is 1. The molecule has 2 aromatic heterocycles. The number of aromatic nitrogens is 2. The molecule has 8 heteroatoms. The zero-order valence-electron chi connectivity index (χ0n) is 15.3. The molecule has 28 heavy (non-hydrogen) atoms. The van der Waals surface area contributed by atoms with Crippen LogP contribution in [0.3, 0.4) is 0 Å². The van der Waals surface area contributed by atoms with Crippen LogP contribution >= 0.6 is 11.5 Å². The van der Waals surface area contributed by atoms with Crippen LogP contribution in [0.15, 0.2) is 33.9 Å². The van der Waals surface area contributed by atoms with Crippen molar-refractivity contribution in [2.75, 3.05) is 13.1 Å². The Morgan fingerprint density at radius 1 is 1.18 bits per heavy atom. The van der Waals surface area contributed by atoms with Crippen molar-refractivity contribution >= 4 is 21.7 Å². The van der Waals surface area contributed by atoms with E-state index in [0.29, 0.717) is 22.9 Å². The minimum Gasteiger partial charge on any atom is -0.326 e. The van der Waals surface area contributed by atoms with E-state index in [4.69, 9.17) is 5.73 Å². The first kappa shape index (κ1) is 17.8. The van der Waals surface area contributed by atoms with Crippen molar-refractivity contribution < 1.29 is 4.39 Å². The second kappa shape index (κ2) is 6.65. The molecule has 0 saturated carbocycles. The molecule has 3 aromatic rings. The number of aromatic amines is 1. The van der Waals surface area contributed by atoms with Crippen LogP contribution in [0.25, 0.3) is 15.9 Å². The van der Waals surface area contributed by atoms with Gasteiger partial charge in [0.05, 0.1) is 0 Å². The minimum atomic E-state index is -0.351. The molecule has 1 aliphatic heterocycles. The minimum absolute atomic E-state index is 0.164. The lowest BCUT2D eigenvalue weighted by Gasteiger charge is -2.33. The van der Waals surface area contributed by atoms with Crippen molar-refractivity contribution in [1.82, 2.24) is 13.8 Å². The van der Waals surface area contributed by atoms with Gasteiger partial charge < -0.3 is 10.3 Å². The highest BCUT2D eigenvalue weighted by Crippen LogP contribution is 2.30. The molecule has 2 aliphatic rings. The molecule has 146 valence electrons. The molecule has 2 atom stereocenters. The van der Waals surface area contributed by atoms with E-state index in [2.05, 4.69) is 9.27 Å². The maximum Gasteiger partial charge on any atom is 0.271 e. The molecule has 1 saturated heterocycles. The topological polar surface area (TPSA) is 84.1 Å². The molecule has 1 aliphatic carbocycles. The number of likely N-dealkylation sites (tertiary alicyclic amines) is 1. The van der Waals surface area contributed by atoms with Crippen LogP contribution in [0.5, 0.6) is 0 Å². The van der Waals surface area contributed by atoms with Crippen molar-refractivity contribution in [2.24, 2.45) is 5.73 Å². The molecule has 1 aromatic carbocycles. The Labute approximate surface area is 164 Å². The molecule has 2 unspecified atom stereocenters. The fourth-order valence-corrected chi connectivity index (χ4v) is 5.51. The average Bonchev–Trinajstić information content (AvgIpc) is 3.29. The van der Waals surface area contributed by atoms with Gasteiger partial charge in [-0.1, -0.05) is 0 Å². The highest BCUT2D eigenvalue weighted by atomic mass is 32.1. The number of fused-ring (bicyclic) bond motifs is 2. The fourth-order valence-electron chi connectivity index (χ4n) is 4.62. The number of H-pyrrole nitrogens is 1. The maximum absolute atomic E-state index is 13.5. The molecule has 3 N–H and O–H groups in total. The van der Waals surface area contributed by atoms with E-state index in [0.717, 1.165) is 55.3 Å². The summed E-state index contributed by atoms with van der Waals surface area (Å²) in [6.45, 7) is 1.85. The Bertz CT molecular complexity index is 1160. The lowest BCUT2D eigenvalue weighted by Crippen LogP contribution is -2.41. The molecular formula is C20H21FN4O2S. The summed E-state index contributed by atoms with van der Waals surface area (Å²) in [5.74, 6) is -0.318. The van der Waals surface area contributed by atoms with Gasteiger partial charge in [-0.25, -0.2) is 4.39 Å². The largest absolute Gasteiger partial charge is 0.326 e. The van der Waals surface area contributed by atoms with Gasteiger partial charge in [-0.05, 0) is 55.1 Å². The number of nitrogens with zero attached hydrogens (tertiary/aromatic N) is 2. The van der Waals surface area contributed by atoms with Crippen LogP contribution in [-0.4, -0.2) is 39.0 Å². The standard InChI is InChI=1S/C20H21FN4O2S/c21-11-1-3-13(4-2-11)25-16-9-14(24-8-7-12(22)10-24)5-6-15(16)18(26)17-19(27)23-28-20(17)25/h1-4,12,14H,5-10,22H2,(H,23,27). The quantitative estimate of drug-likeness (QED) is 0.687. The third kappa shape index (κ3) is 2.75. The number of halogens is 1. The highest BCUT2D eigenvalue weighted by Gasteiger charge is 2.33. The monoisotopic (exact) mass is 400 g/mol. The number of pyridine rings is 1. The Morgan fingerprint density at radius 3 is 2.68 bits per heavy atom. The summed E-state index contributed by atoms with van der Waals surface area (Å²) < 4.78 is 18.2. The Hall–Kier alpha value is -2.29. The van der Waals surface area contributed by atoms with Crippen molar-refractivity contribution in [1.29, 1.82) is 0 Å². The number of hydrogen-bond acceptors (Lipinski definition) is 5.